The predicted molar refractivity (Wildman–Crippen MR) is 89.6 cm³/mol. The second-order valence-corrected chi connectivity index (χ2v) is 8.28. The molecule has 2 bridgehead atoms. The van der Waals surface area contributed by atoms with Crippen molar-refractivity contribution in [2.45, 2.75) is 46.1 Å². The quantitative estimate of drug-likeness (QED) is 0.761. The molecule has 1 aromatic carbocycles. The van der Waals surface area contributed by atoms with Crippen molar-refractivity contribution in [3.63, 3.8) is 0 Å². The highest BCUT2D eigenvalue weighted by atomic mass is 127. The first kappa shape index (κ1) is 14.4. The zero-order chi connectivity index (χ0) is 14.5. The van der Waals surface area contributed by atoms with Gasteiger partial charge >= 0.3 is 0 Å². The molecule has 2 saturated carbocycles. The molecule has 2 fully saturated rings. The minimum atomic E-state index is 0.0876. The van der Waals surface area contributed by atoms with Crippen LogP contribution in [0.2, 0.25) is 0 Å². The number of carbonyl (C=O) groups excluding carboxylic acids is 1. The molecule has 3 unspecified atom stereocenters. The Hall–Kier alpha value is -0.580. The second kappa shape index (κ2) is 4.72. The number of hydrogen-bond acceptors (Lipinski definition) is 1. The van der Waals surface area contributed by atoms with E-state index in [4.69, 9.17) is 0 Å². The van der Waals surface area contributed by atoms with Crippen molar-refractivity contribution in [1.29, 1.82) is 0 Å². The number of benzene rings is 1. The second-order valence-electron chi connectivity index (χ2n) is 7.12. The van der Waals surface area contributed by atoms with Crippen LogP contribution in [0, 0.1) is 20.3 Å². The molecule has 2 nitrogen and oxygen atoms in total. The van der Waals surface area contributed by atoms with Gasteiger partial charge in [-0.2, -0.15) is 0 Å². The number of fused-ring (bicyclic) bond motifs is 2. The standard InChI is InChI=1S/C17H22INO/c1-16(2)11-8-9-17(16,3)14(10-11)19-15(20)12-6-4-5-7-13(12)18/h4-7,11,14H,8-10H2,1-3H3,(H,19,20). The van der Waals surface area contributed by atoms with E-state index in [1.807, 2.05) is 24.3 Å². The normalized spacial score (nSPS) is 34.2. The number of rotatable bonds is 2. The van der Waals surface area contributed by atoms with Gasteiger partial charge in [-0.15, -0.1) is 0 Å². The van der Waals surface area contributed by atoms with E-state index in [2.05, 4.69) is 48.7 Å². The summed E-state index contributed by atoms with van der Waals surface area (Å²) in [4.78, 5) is 12.5. The lowest BCUT2D eigenvalue weighted by Gasteiger charge is -2.39. The van der Waals surface area contributed by atoms with Gasteiger partial charge in [-0.1, -0.05) is 32.9 Å². The van der Waals surface area contributed by atoms with Crippen molar-refractivity contribution >= 4 is 28.5 Å². The van der Waals surface area contributed by atoms with Gasteiger partial charge in [0, 0.05) is 9.61 Å². The highest BCUT2D eigenvalue weighted by Gasteiger charge is 2.61. The lowest BCUT2D eigenvalue weighted by Crippen LogP contribution is -2.47. The lowest BCUT2D eigenvalue weighted by molar-refractivity contribution is 0.0825. The van der Waals surface area contributed by atoms with Crippen LogP contribution in [0.5, 0.6) is 0 Å². The van der Waals surface area contributed by atoms with E-state index in [1.54, 1.807) is 0 Å². The fraction of sp³-hybridized carbons (Fsp3) is 0.588. The van der Waals surface area contributed by atoms with Crippen molar-refractivity contribution in [3.05, 3.63) is 33.4 Å². The molecule has 1 aromatic rings. The maximum absolute atomic E-state index is 12.5. The summed E-state index contributed by atoms with van der Waals surface area (Å²) in [7, 11) is 0. The molecule has 3 atom stereocenters. The summed E-state index contributed by atoms with van der Waals surface area (Å²) >= 11 is 2.24. The Morgan fingerprint density at radius 1 is 1.30 bits per heavy atom. The summed E-state index contributed by atoms with van der Waals surface area (Å²) in [6, 6.07) is 8.13. The number of nitrogens with one attached hydrogen (secondary N) is 1. The van der Waals surface area contributed by atoms with Gasteiger partial charge in [0.2, 0.25) is 0 Å². The summed E-state index contributed by atoms with van der Waals surface area (Å²) in [5, 5.41) is 3.32. The molecule has 108 valence electrons. The molecule has 3 rings (SSSR count). The fourth-order valence-corrected chi connectivity index (χ4v) is 4.94. The van der Waals surface area contributed by atoms with Gasteiger partial charge in [0.05, 0.1) is 5.56 Å². The predicted octanol–water partition coefficient (Wildman–Crippen LogP) is 4.24. The van der Waals surface area contributed by atoms with Crippen molar-refractivity contribution in [2.24, 2.45) is 16.7 Å². The molecule has 20 heavy (non-hydrogen) atoms. The Morgan fingerprint density at radius 3 is 2.55 bits per heavy atom. The first-order chi connectivity index (χ1) is 9.36. The van der Waals surface area contributed by atoms with Gasteiger partial charge in [-0.25, -0.2) is 0 Å². The number of carbonyl (C=O) groups is 1. The molecule has 1 N–H and O–H groups in total. The van der Waals surface area contributed by atoms with Crippen LogP contribution in [0.4, 0.5) is 0 Å². The molecule has 0 aromatic heterocycles. The van der Waals surface area contributed by atoms with Gasteiger partial charge in [0.15, 0.2) is 0 Å². The van der Waals surface area contributed by atoms with E-state index in [1.165, 1.54) is 12.8 Å². The first-order valence-electron chi connectivity index (χ1n) is 7.41. The fourth-order valence-electron chi connectivity index (χ4n) is 4.30. The van der Waals surface area contributed by atoms with Gasteiger partial charge in [-0.05, 0) is 70.7 Å². The topological polar surface area (TPSA) is 29.1 Å². The summed E-state index contributed by atoms with van der Waals surface area (Å²) in [5.41, 5.74) is 1.39. The highest BCUT2D eigenvalue weighted by molar-refractivity contribution is 14.1. The van der Waals surface area contributed by atoms with Crippen LogP contribution in [0.3, 0.4) is 0 Å². The molecular formula is C17H22INO. The molecule has 2 aliphatic rings. The average Bonchev–Trinajstić information content (AvgIpc) is 2.72. The zero-order valence-electron chi connectivity index (χ0n) is 12.4. The van der Waals surface area contributed by atoms with E-state index < -0.39 is 0 Å². The van der Waals surface area contributed by atoms with Crippen molar-refractivity contribution in [1.82, 2.24) is 5.32 Å². The van der Waals surface area contributed by atoms with Crippen LogP contribution in [0.15, 0.2) is 24.3 Å². The minimum absolute atomic E-state index is 0.0876. The van der Waals surface area contributed by atoms with Crippen LogP contribution in [0.1, 0.15) is 50.4 Å². The third kappa shape index (κ3) is 1.92. The highest BCUT2D eigenvalue weighted by Crippen LogP contribution is 2.65. The average molecular weight is 383 g/mol. The van der Waals surface area contributed by atoms with Gasteiger partial charge in [-0.3, -0.25) is 4.79 Å². The molecule has 0 spiro atoms. The zero-order valence-corrected chi connectivity index (χ0v) is 14.5. The molecule has 3 heteroatoms. The molecule has 0 saturated heterocycles. The van der Waals surface area contributed by atoms with Gasteiger partial charge in [0.1, 0.15) is 0 Å². The summed E-state index contributed by atoms with van der Waals surface area (Å²) in [6.07, 6.45) is 3.69. The Balaban J connectivity index is 1.81. The van der Waals surface area contributed by atoms with Gasteiger partial charge < -0.3 is 5.32 Å². The Labute approximate surface area is 134 Å². The van der Waals surface area contributed by atoms with Crippen LogP contribution in [0.25, 0.3) is 0 Å². The maximum Gasteiger partial charge on any atom is 0.252 e. The van der Waals surface area contributed by atoms with E-state index >= 15 is 0 Å². The summed E-state index contributed by atoms with van der Waals surface area (Å²) < 4.78 is 1.02. The SMILES string of the molecule is CC1(C)C2CCC1(C)C(NC(=O)c1ccccc1I)C2. The Bertz CT molecular complexity index is 554. The minimum Gasteiger partial charge on any atom is -0.349 e. The van der Waals surface area contributed by atoms with Crippen molar-refractivity contribution < 1.29 is 4.79 Å². The van der Waals surface area contributed by atoms with E-state index in [0.29, 0.717) is 11.5 Å². The van der Waals surface area contributed by atoms with Crippen molar-refractivity contribution in [2.75, 3.05) is 0 Å². The maximum atomic E-state index is 12.5. The molecular weight excluding hydrogens is 361 g/mol. The number of hydrogen-bond donors (Lipinski definition) is 1. The van der Waals surface area contributed by atoms with E-state index in [-0.39, 0.29) is 11.3 Å². The molecule has 0 radical (unpaired) electrons. The van der Waals surface area contributed by atoms with Crippen LogP contribution < -0.4 is 5.32 Å². The van der Waals surface area contributed by atoms with Crippen LogP contribution in [-0.4, -0.2) is 11.9 Å². The smallest absolute Gasteiger partial charge is 0.252 e. The van der Waals surface area contributed by atoms with Crippen molar-refractivity contribution in [3.8, 4) is 0 Å². The third-order valence-electron chi connectivity index (χ3n) is 6.22. The third-order valence-corrected chi connectivity index (χ3v) is 7.16. The monoisotopic (exact) mass is 383 g/mol. The summed E-state index contributed by atoms with van der Waals surface area (Å²) in [6.45, 7) is 7.12. The van der Waals surface area contributed by atoms with Crippen LogP contribution in [-0.2, 0) is 0 Å². The number of halogens is 1. The van der Waals surface area contributed by atoms with E-state index in [9.17, 15) is 4.79 Å². The van der Waals surface area contributed by atoms with E-state index in [0.717, 1.165) is 21.5 Å². The molecule has 2 aliphatic carbocycles. The number of amides is 1. The lowest BCUT2D eigenvalue weighted by atomic mass is 9.69. The molecule has 0 aliphatic heterocycles. The van der Waals surface area contributed by atoms with Crippen LogP contribution >= 0.6 is 22.6 Å². The first-order valence-corrected chi connectivity index (χ1v) is 8.49. The Kier molecular flexibility index (Phi) is 3.39. The summed E-state index contributed by atoms with van der Waals surface area (Å²) in [5.74, 6) is 0.845. The molecule has 1 amide bonds. The Morgan fingerprint density at radius 2 is 2.00 bits per heavy atom. The molecule has 0 heterocycles. The largest absolute Gasteiger partial charge is 0.349 e. The van der Waals surface area contributed by atoms with Gasteiger partial charge in [0.25, 0.3) is 5.91 Å².